The van der Waals surface area contributed by atoms with E-state index in [4.69, 9.17) is 0 Å². The van der Waals surface area contributed by atoms with Crippen LogP contribution in [-0.2, 0) is 0 Å². The second kappa shape index (κ2) is 12.0. The van der Waals surface area contributed by atoms with Gasteiger partial charge >= 0.3 is 0 Å². The van der Waals surface area contributed by atoms with Gasteiger partial charge < -0.3 is 0 Å². The van der Waals surface area contributed by atoms with Crippen molar-refractivity contribution in [3.63, 3.8) is 0 Å². The maximum Gasteiger partial charge on any atom is 0.104 e. The Morgan fingerprint density at radius 3 is 2.00 bits per heavy atom. The molecule has 0 saturated carbocycles. The molecule has 14 heavy (non-hydrogen) atoms. The zero-order valence-corrected chi connectivity index (χ0v) is 10.6. The highest BCUT2D eigenvalue weighted by Gasteiger charge is 1.97. The van der Waals surface area contributed by atoms with Crippen molar-refractivity contribution in [2.75, 3.05) is 0 Å². The van der Waals surface area contributed by atoms with E-state index in [0.717, 1.165) is 11.4 Å². The summed E-state index contributed by atoms with van der Waals surface area (Å²) in [5.41, 5.74) is 1.77. The van der Waals surface area contributed by atoms with Crippen molar-refractivity contribution in [2.24, 2.45) is 0 Å². The van der Waals surface area contributed by atoms with Crippen molar-refractivity contribution >= 4 is 23.9 Å². The first-order valence-electron chi connectivity index (χ1n) is 4.96. The monoisotopic (exact) mass is 212 g/mol. The van der Waals surface area contributed by atoms with E-state index in [-0.39, 0.29) is 0 Å². The fourth-order valence-corrected chi connectivity index (χ4v) is 1.16. The molecule has 0 aromatic carbocycles. The maximum atomic E-state index is 4.05. The fraction of sp³-hybridized carbons (Fsp3) is 0.455. The smallest absolute Gasteiger partial charge is 0.104 e. The van der Waals surface area contributed by atoms with Crippen LogP contribution in [0.4, 0.5) is 0 Å². The van der Waals surface area contributed by atoms with Gasteiger partial charge in [-0.15, -0.1) is 0 Å². The maximum absolute atomic E-state index is 4.05. The molecule has 80 valence electrons. The van der Waals surface area contributed by atoms with E-state index in [9.17, 15) is 0 Å². The van der Waals surface area contributed by atoms with Crippen molar-refractivity contribution in [1.29, 1.82) is 0 Å². The molecule has 1 aromatic rings. The highest BCUT2D eigenvalue weighted by atomic mass is 32.1. The highest BCUT2D eigenvalue weighted by molar-refractivity contribution is 6.99. The first-order valence-corrected chi connectivity index (χ1v) is 5.69. The average Bonchev–Trinajstić information content (AvgIpc) is 2.72. The van der Waals surface area contributed by atoms with Gasteiger partial charge in [-0.25, -0.2) is 0 Å². The number of nitrogens with zero attached hydrogens (tertiary/aromatic N) is 2. The Labute approximate surface area is 91.7 Å². The summed E-state index contributed by atoms with van der Waals surface area (Å²) < 4.78 is 8.06. The molecule has 0 fully saturated rings. The normalized spacial score (nSPS) is 8.36. The van der Waals surface area contributed by atoms with E-state index in [1.54, 1.807) is 6.08 Å². The molecule has 0 aliphatic heterocycles. The summed E-state index contributed by atoms with van der Waals surface area (Å²) >= 11 is 1.21. The van der Waals surface area contributed by atoms with Crippen molar-refractivity contribution < 1.29 is 0 Å². The largest absolute Gasteiger partial charge is 0.173 e. The zero-order valence-electron chi connectivity index (χ0n) is 9.74. The Kier molecular flexibility index (Phi) is 13.3. The summed E-state index contributed by atoms with van der Waals surface area (Å²) in [6, 6.07) is 0. The van der Waals surface area contributed by atoms with Crippen LogP contribution in [0.3, 0.4) is 0 Å². The molecule has 1 rings (SSSR count). The predicted molar refractivity (Wildman–Crippen MR) is 67.4 cm³/mol. The Bertz CT molecular complexity index is 252. The molecule has 0 saturated heterocycles. The molecule has 0 N–H and O–H groups in total. The van der Waals surface area contributed by atoms with E-state index < -0.39 is 0 Å². The summed E-state index contributed by atoms with van der Waals surface area (Å²) in [4.78, 5) is 0. The molecule has 0 spiro atoms. The minimum Gasteiger partial charge on any atom is -0.173 e. The summed E-state index contributed by atoms with van der Waals surface area (Å²) in [7, 11) is 0. The summed E-state index contributed by atoms with van der Waals surface area (Å²) in [6.07, 6.45) is 5.56. The van der Waals surface area contributed by atoms with Crippen molar-refractivity contribution in [3.8, 4) is 0 Å². The molecular weight excluding hydrogens is 192 g/mol. The van der Waals surface area contributed by atoms with E-state index in [1.165, 1.54) is 11.7 Å². The van der Waals surface area contributed by atoms with Crippen LogP contribution in [0.5, 0.6) is 0 Å². The zero-order chi connectivity index (χ0) is 11.4. The lowest BCUT2D eigenvalue weighted by molar-refractivity contribution is 1.43. The van der Waals surface area contributed by atoms with Gasteiger partial charge in [0.15, 0.2) is 0 Å². The van der Waals surface area contributed by atoms with Crippen molar-refractivity contribution in [3.05, 3.63) is 24.0 Å². The van der Waals surface area contributed by atoms with Gasteiger partial charge in [0.25, 0.3) is 0 Å². The first kappa shape index (κ1) is 15.5. The van der Waals surface area contributed by atoms with Crippen LogP contribution >= 0.6 is 11.7 Å². The number of hydrogen-bond acceptors (Lipinski definition) is 3. The lowest BCUT2D eigenvalue weighted by Crippen LogP contribution is -1.74. The van der Waals surface area contributed by atoms with Gasteiger partial charge in [0.2, 0.25) is 0 Å². The third-order valence-corrected chi connectivity index (χ3v) is 1.62. The van der Waals surface area contributed by atoms with Gasteiger partial charge in [0.1, 0.15) is 11.4 Å². The average molecular weight is 212 g/mol. The second-order valence-corrected chi connectivity index (χ2v) is 2.27. The van der Waals surface area contributed by atoms with Gasteiger partial charge in [0.05, 0.1) is 11.7 Å². The van der Waals surface area contributed by atoms with Crippen LogP contribution in [0.15, 0.2) is 12.7 Å². The number of allylic oxidation sites excluding steroid dienone is 1. The minimum absolute atomic E-state index is 0.864. The van der Waals surface area contributed by atoms with Crippen LogP contribution in [0.1, 0.15) is 46.0 Å². The minimum atomic E-state index is 0.864. The quantitative estimate of drug-likeness (QED) is 0.731. The van der Waals surface area contributed by atoms with E-state index in [2.05, 4.69) is 15.3 Å². The van der Waals surface area contributed by atoms with Gasteiger partial charge in [-0.2, -0.15) is 8.75 Å². The molecule has 1 heterocycles. The highest BCUT2D eigenvalue weighted by Crippen LogP contribution is 2.08. The summed E-state index contributed by atoms with van der Waals surface area (Å²) in [6.45, 7) is 13.6. The standard InChI is InChI=1S/C7H8N2S.2C2H6/c1-3-5-7-6(4-2)8-10-9-7;2*1-2/h3-5H,2H2,1H3;2*1-2H3/b5-3-;;. The molecule has 3 heteroatoms. The number of hydrogen-bond donors (Lipinski definition) is 0. The lowest BCUT2D eigenvalue weighted by atomic mass is 10.3. The Hall–Kier alpha value is -0.960. The molecule has 0 bridgehead atoms. The molecular formula is C11H20N2S. The van der Waals surface area contributed by atoms with Crippen molar-refractivity contribution in [1.82, 2.24) is 8.75 Å². The Morgan fingerprint density at radius 2 is 1.57 bits per heavy atom. The number of aromatic nitrogens is 2. The summed E-state index contributed by atoms with van der Waals surface area (Å²) in [5.74, 6) is 0. The van der Waals surface area contributed by atoms with Gasteiger partial charge in [0, 0.05) is 0 Å². The predicted octanol–water partition coefficient (Wildman–Crippen LogP) is 4.27. The molecule has 0 atom stereocenters. The van der Waals surface area contributed by atoms with E-state index in [1.807, 2.05) is 46.8 Å². The molecule has 1 aromatic heterocycles. The van der Waals surface area contributed by atoms with Crippen LogP contribution in [0.25, 0.3) is 12.2 Å². The van der Waals surface area contributed by atoms with Gasteiger partial charge in [-0.05, 0) is 19.1 Å². The molecule has 0 amide bonds. The second-order valence-electron chi connectivity index (χ2n) is 1.74. The Balaban J connectivity index is 0. The fourth-order valence-electron chi connectivity index (χ4n) is 0.617. The van der Waals surface area contributed by atoms with Gasteiger partial charge in [-0.3, -0.25) is 0 Å². The molecule has 0 aliphatic rings. The third-order valence-electron chi connectivity index (χ3n) is 1.06. The first-order chi connectivity index (χ1) is 6.88. The molecule has 0 unspecified atom stereocenters. The number of rotatable bonds is 2. The van der Waals surface area contributed by atoms with Crippen molar-refractivity contribution in [2.45, 2.75) is 34.6 Å². The third kappa shape index (κ3) is 5.65. The Morgan fingerprint density at radius 1 is 1.07 bits per heavy atom. The van der Waals surface area contributed by atoms with Gasteiger partial charge in [-0.1, -0.05) is 40.3 Å². The topological polar surface area (TPSA) is 25.8 Å². The van der Waals surface area contributed by atoms with Crippen LogP contribution in [0.2, 0.25) is 0 Å². The summed E-state index contributed by atoms with van der Waals surface area (Å²) in [5, 5.41) is 0. The van der Waals surface area contributed by atoms with E-state index >= 15 is 0 Å². The molecule has 2 nitrogen and oxygen atoms in total. The SMILES string of the molecule is C=Cc1nsnc1/C=C\C.CC.CC. The molecule has 0 radical (unpaired) electrons. The van der Waals surface area contributed by atoms with Crippen LogP contribution in [0, 0.1) is 0 Å². The van der Waals surface area contributed by atoms with Crippen LogP contribution in [-0.4, -0.2) is 8.75 Å². The van der Waals surface area contributed by atoms with E-state index in [0.29, 0.717) is 0 Å². The molecule has 0 aliphatic carbocycles. The lowest BCUT2D eigenvalue weighted by Gasteiger charge is -1.82. The van der Waals surface area contributed by atoms with Crippen LogP contribution < -0.4 is 0 Å².